The van der Waals surface area contributed by atoms with Crippen LogP contribution in [0.15, 0.2) is 16.2 Å². The van der Waals surface area contributed by atoms with Crippen LogP contribution in [0, 0.1) is 17.8 Å². The van der Waals surface area contributed by atoms with Crippen molar-refractivity contribution in [1.29, 1.82) is 0 Å². The van der Waals surface area contributed by atoms with Crippen LogP contribution in [0.1, 0.15) is 51.3 Å². The lowest BCUT2D eigenvalue weighted by atomic mass is 9.53. The first kappa shape index (κ1) is 20.8. The number of aromatic nitrogens is 2. The first-order valence-electron chi connectivity index (χ1n) is 12.2. The van der Waals surface area contributed by atoms with E-state index in [0.29, 0.717) is 11.2 Å². The number of hydrogen-bond acceptors (Lipinski definition) is 6. The number of thiophene rings is 1. The van der Waals surface area contributed by atoms with E-state index in [1.807, 2.05) is 11.4 Å². The van der Waals surface area contributed by atoms with Crippen molar-refractivity contribution < 1.29 is 4.79 Å². The van der Waals surface area contributed by atoms with Crippen molar-refractivity contribution in [1.82, 2.24) is 25.1 Å². The predicted molar refractivity (Wildman–Crippen MR) is 126 cm³/mol. The van der Waals surface area contributed by atoms with Crippen LogP contribution >= 0.6 is 11.3 Å². The van der Waals surface area contributed by atoms with Gasteiger partial charge < -0.3 is 10.3 Å². The fraction of sp³-hybridized carbons (Fsp3) is 0.708. The molecule has 5 aliphatic rings. The summed E-state index contributed by atoms with van der Waals surface area (Å²) < 4.78 is 0.692. The number of rotatable bonds is 5. The molecule has 0 spiro atoms. The Kier molecular flexibility index (Phi) is 5.15. The number of nitrogens with one attached hydrogen (secondary N) is 2. The molecule has 1 saturated heterocycles. The highest BCUT2D eigenvalue weighted by Crippen LogP contribution is 2.55. The van der Waals surface area contributed by atoms with Crippen molar-refractivity contribution in [2.75, 3.05) is 26.2 Å². The number of H-pyrrole nitrogens is 1. The minimum Gasteiger partial charge on any atom is -0.349 e. The number of piperazine rings is 1. The molecule has 2 N–H and O–H groups in total. The van der Waals surface area contributed by atoms with E-state index in [1.165, 1.54) is 49.9 Å². The van der Waals surface area contributed by atoms with Gasteiger partial charge in [0.25, 0.3) is 5.56 Å². The Morgan fingerprint density at radius 1 is 1.19 bits per heavy atom. The van der Waals surface area contributed by atoms with Crippen LogP contribution in [-0.2, 0) is 11.3 Å². The lowest BCUT2D eigenvalue weighted by Crippen LogP contribution is -2.63. The molecule has 0 radical (unpaired) electrons. The summed E-state index contributed by atoms with van der Waals surface area (Å²) >= 11 is 1.43. The third-order valence-electron chi connectivity index (χ3n) is 8.50. The molecule has 0 aromatic carbocycles. The zero-order valence-electron chi connectivity index (χ0n) is 18.8. The van der Waals surface area contributed by atoms with Crippen LogP contribution in [0.5, 0.6) is 0 Å². The van der Waals surface area contributed by atoms with Gasteiger partial charge >= 0.3 is 0 Å². The Labute approximate surface area is 192 Å². The maximum Gasteiger partial charge on any atom is 0.268 e. The third kappa shape index (κ3) is 3.80. The largest absolute Gasteiger partial charge is 0.349 e. The summed E-state index contributed by atoms with van der Waals surface area (Å²) in [4.78, 5) is 37.6. The van der Waals surface area contributed by atoms with Crippen LogP contribution in [0.25, 0.3) is 10.2 Å². The highest BCUT2D eigenvalue weighted by atomic mass is 32.1. The molecule has 4 saturated carbocycles. The van der Waals surface area contributed by atoms with Gasteiger partial charge in [0.1, 0.15) is 10.5 Å². The van der Waals surface area contributed by atoms with Crippen molar-refractivity contribution in [2.45, 2.75) is 63.6 Å². The Hall–Kier alpha value is -1.77. The van der Waals surface area contributed by atoms with Gasteiger partial charge in [-0.1, -0.05) is 0 Å². The zero-order valence-corrected chi connectivity index (χ0v) is 19.6. The fourth-order valence-electron chi connectivity index (χ4n) is 7.31. The second-order valence-corrected chi connectivity index (χ2v) is 11.7. The van der Waals surface area contributed by atoms with Crippen molar-refractivity contribution >= 4 is 27.5 Å². The van der Waals surface area contributed by atoms with Gasteiger partial charge in [0.2, 0.25) is 5.91 Å². The van der Waals surface area contributed by atoms with E-state index in [-0.39, 0.29) is 23.0 Å². The Balaban J connectivity index is 1.04. The molecule has 172 valence electrons. The average molecular weight is 456 g/mol. The lowest BCUT2D eigenvalue weighted by molar-refractivity contribution is -0.132. The normalized spacial score (nSPS) is 33.6. The monoisotopic (exact) mass is 455 g/mol. The summed E-state index contributed by atoms with van der Waals surface area (Å²) in [6, 6.07) is 1.81. The van der Waals surface area contributed by atoms with E-state index in [2.05, 4.69) is 32.0 Å². The maximum atomic E-state index is 13.2. The Bertz CT molecular complexity index is 1030. The predicted octanol–water partition coefficient (Wildman–Crippen LogP) is 2.58. The van der Waals surface area contributed by atoms with Gasteiger partial charge in [0.05, 0.1) is 18.1 Å². The first-order chi connectivity index (χ1) is 15.5. The number of aromatic amines is 1. The minimum atomic E-state index is -0.0924. The van der Waals surface area contributed by atoms with Gasteiger partial charge in [-0.15, -0.1) is 11.3 Å². The summed E-state index contributed by atoms with van der Waals surface area (Å²) in [6.07, 6.45) is 7.78. The number of carbonyl (C=O) groups is 1. The summed E-state index contributed by atoms with van der Waals surface area (Å²) in [5.41, 5.74) is 0.815. The minimum absolute atomic E-state index is 0.0476. The second kappa shape index (κ2) is 7.92. The molecule has 1 atom stereocenters. The number of nitrogens with zero attached hydrogens (tertiary/aromatic N) is 3. The standard InChI is InChI=1S/C24H33N5O2S/c1-15(22(30)27-24-11-16-8-17(12-24)10-18(9-16)13-24)29-5-3-28(4-6-29)14-20-25-19-2-7-32-21(19)23(31)26-20/h2,7,15-18H,3-6,8-14H2,1H3,(H,27,30)(H,25,26,31)/t15-,16?,17?,18?,24?/m0/s1. The molecule has 7 rings (SSSR count). The molecule has 32 heavy (non-hydrogen) atoms. The van der Waals surface area contributed by atoms with Crippen molar-refractivity contribution in [3.05, 3.63) is 27.6 Å². The molecular formula is C24H33N5O2S. The number of fused-ring (bicyclic) bond motifs is 1. The van der Waals surface area contributed by atoms with Crippen LogP contribution in [0.2, 0.25) is 0 Å². The molecule has 2 aromatic heterocycles. The summed E-state index contributed by atoms with van der Waals surface area (Å²) in [5.74, 6) is 3.47. The van der Waals surface area contributed by atoms with Crippen molar-refractivity contribution in [3.8, 4) is 0 Å². The fourth-order valence-corrected chi connectivity index (χ4v) is 8.04. The van der Waals surface area contributed by atoms with Gasteiger partial charge in [-0.05, 0) is 74.6 Å². The van der Waals surface area contributed by atoms with Gasteiger partial charge in [0, 0.05) is 31.7 Å². The quantitative estimate of drug-likeness (QED) is 0.724. The highest BCUT2D eigenvalue weighted by molar-refractivity contribution is 7.17. The molecule has 4 aliphatic carbocycles. The molecule has 5 fully saturated rings. The SMILES string of the molecule is C[C@@H](C(=O)NC12CC3CC(CC(C3)C1)C2)N1CCN(Cc2nc3ccsc3c(=O)[nH]2)CC1. The zero-order chi connectivity index (χ0) is 21.9. The Morgan fingerprint density at radius 2 is 1.84 bits per heavy atom. The highest BCUT2D eigenvalue weighted by Gasteiger charge is 2.51. The summed E-state index contributed by atoms with van der Waals surface area (Å²) in [7, 11) is 0. The second-order valence-electron chi connectivity index (χ2n) is 10.8. The van der Waals surface area contributed by atoms with Gasteiger partial charge in [-0.3, -0.25) is 19.4 Å². The van der Waals surface area contributed by atoms with E-state index in [9.17, 15) is 9.59 Å². The van der Waals surface area contributed by atoms with Crippen molar-refractivity contribution in [2.24, 2.45) is 17.8 Å². The molecule has 8 heteroatoms. The molecule has 1 amide bonds. The molecule has 1 aliphatic heterocycles. The van der Waals surface area contributed by atoms with Gasteiger partial charge in [-0.25, -0.2) is 4.98 Å². The van der Waals surface area contributed by atoms with E-state index in [4.69, 9.17) is 0 Å². The van der Waals surface area contributed by atoms with Crippen LogP contribution in [-0.4, -0.2) is 63.4 Å². The summed E-state index contributed by atoms with van der Waals surface area (Å²) in [5, 5.41) is 5.46. The van der Waals surface area contributed by atoms with Crippen LogP contribution in [0.3, 0.4) is 0 Å². The maximum absolute atomic E-state index is 13.2. The van der Waals surface area contributed by atoms with Gasteiger partial charge in [-0.2, -0.15) is 0 Å². The van der Waals surface area contributed by atoms with Crippen LogP contribution in [0.4, 0.5) is 0 Å². The van der Waals surface area contributed by atoms with E-state index >= 15 is 0 Å². The smallest absolute Gasteiger partial charge is 0.268 e. The molecule has 2 aromatic rings. The summed E-state index contributed by atoms with van der Waals surface area (Å²) in [6.45, 7) is 6.18. The number of hydrogen-bond donors (Lipinski definition) is 2. The van der Waals surface area contributed by atoms with E-state index < -0.39 is 0 Å². The molecule has 4 bridgehead atoms. The molecule has 0 unspecified atom stereocenters. The van der Waals surface area contributed by atoms with E-state index in [1.54, 1.807) is 0 Å². The third-order valence-corrected chi connectivity index (χ3v) is 9.40. The van der Waals surface area contributed by atoms with Crippen molar-refractivity contribution in [3.63, 3.8) is 0 Å². The average Bonchev–Trinajstić information content (AvgIpc) is 3.22. The topological polar surface area (TPSA) is 81.3 Å². The van der Waals surface area contributed by atoms with E-state index in [0.717, 1.165) is 55.3 Å². The lowest BCUT2D eigenvalue weighted by Gasteiger charge is -2.57. The molecular weight excluding hydrogens is 422 g/mol. The van der Waals surface area contributed by atoms with Crippen LogP contribution < -0.4 is 10.9 Å². The first-order valence-corrected chi connectivity index (χ1v) is 13.1. The molecule has 3 heterocycles. The number of carbonyl (C=O) groups excluding carboxylic acids is 1. The Morgan fingerprint density at radius 3 is 2.50 bits per heavy atom. The molecule has 7 nitrogen and oxygen atoms in total. The number of amides is 1. The van der Waals surface area contributed by atoms with Gasteiger partial charge in [0.15, 0.2) is 0 Å².